The maximum Gasteiger partial charge on any atom is 0.224 e. The van der Waals surface area contributed by atoms with E-state index in [1.807, 2.05) is 30.3 Å². The van der Waals surface area contributed by atoms with Crippen LogP contribution in [0.2, 0.25) is 0 Å². The van der Waals surface area contributed by atoms with Gasteiger partial charge in [0.1, 0.15) is 0 Å². The molecule has 0 bridgehead atoms. The second-order valence-corrected chi connectivity index (χ2v) is 5.35. The first kappa shape index (κ1) is 14.3. The molecule has 112 valence electrons. The normalized spacial score (nSPS) is 13.2. The molecule has 0 saturated heterocycles. The van der Waals surface area contributed by atoms with E-state index < -0.39 is 0 Å². The van der Waals surface area contributed by atoms with Crippen molar-refractivity contribution >= 4 is 17.5 Å². The summed E-state index contributed by atoms with van der Waals surface area (Å²) in [6.07, 6.45) is 4.99. The SMILES string of the molecule is O=C(Cc1ccc2c(c1)CCC(=O)N2)NCc1ccncc1. The minimum absolute atomic E-state index is 0.0170. The molecule has 3 rings (SSSR count). The highest BCUT2D eigenvalue weighted by Gasteiger charge is 2.15. The number of aryl methyl sites for hydroxylation is 1. The highest BCUT2D eigenvalue weighted by molar-refractivity contribution is 5.94. The summed E-state index contributed by atoms with van der Waals surface area (Å²) in [5.74, 6) is 0.0342. The molecule has 0 fully saturated rings. The van der Waals surface area contributed by atoms with Gasteiger partial charge >= 0.3 is 0 Å². The van der Waals surface area contributed by atoms with Crippen LogP contribution in [0, 0.1) is 0 Å². The predicted octanol–water partition coefficient (Wildman–Crippen LogP) is 1.83. The number of benzene rings is 1. The molecule has 0 unspecified atom stereocenters. The third kappa shape index (κ3) is 3.49. The average Bonchev–Trinajstić information content (AvgIpc) is 2.54. The van der Waals surface area contributed by atoms with Crippen LogP contribution in [-0.2, 0) is 29.0 Å². The van der Waals surface area contributed by atoms with Crippen LogP contribution in [-0.4, -0.2) is 16.8 Å². The Kier molecular flexibility index (Phi) is 4.14. The van der Waals surface area contributed by atoms with Crippen LogP contribution in [0.4, 0.5) is 5.69 Å². The zero-order chi connectivity index (χ0) is 15.4. The second-order valence-electron chi connectivity index (χ2n) is 5.35. The van der Waals surface area contributed by atoms with Gasteiger partial charge in [0.15, 0.2) is 0 Å². The smallest absolute Gasteiger partial charge is 0.224 e. The van der Waals surface area contributed by atoms with Crippen LogP contribution in [0.1, 0.15) is 23.1 Å². The molecule has 2 N–H and O–H groups in total. The molecule has 0 saturated carbocycles. The van der Waals surface area contributed by atoms with Gasteiger partial charge in [-0.25, -0.2) is 0 Å². The number of hydrogen-bond acceptors (Lipinski definition) is 3. The molecule has 1 aromatic carbocycles. The molecule has 2 heterocycles. The Morgan fingerprint density at radius 2 is 1.95 bits per heavy atom. The third-order valence-corrected chi connectivity index (χ3v) is 3.67. The Labute approximate surface area is 128 Å². The van der Waals surface area contributed by atoms with Crippen molar-refractivity contribution in [3.8, 4) is 0 Å². The monoisotopic (exact) mass is 295 g/mol. The van der Waals surface area contributed by atoms with Gasteiger partial charge in [0.2, 0.25) is 11.8 Å². The molecular formula is C17H17N3O2. The van der Waals surface area contributed by atoms with E-state index in [1.165, 1.54) is 0 Å². The van der Waals surface area contributed by atoms with Crippen LogP contribution in [0.5, 0.6) is 0 Å². The van der Waals surface area contributed by atoms with Crippen LogP contribution >= 0.6 is 0 Å². The van der Waals surface area contributed by atoms with Gasteiger partial charge in [-0.15, -0.1) is 0 Å². The van der Waals surface area contributed by atoms with Crippen molar-refractivity contribution in [1.82, 2.24) is 10.3 Å². The van der Waals surface area contributed by atoms with Gasteiger partial charge in [-0.2, -0.15) is 0 Å². The molecule has 5 heteroatoms. The van der Waals surface area contributed by atoms with Crippen LogP contribution < -0.4 is 10.6 Å². The van der Waals surface area contributed by atoms with Crippen LogP contribution in [0.3, 0.4) is 0 Å². The summed E-state index contributed by atoms with van der Waals surface area (Å²) in [5, 5.41) is 5.74. The van der Waals surface area contributed by atoms with E-state index in [0.717, 1.165) is 28.8 Å². The highest BCUT2D eigenvalue weighted by atomic mass is 16.2. The standard InChI is InChI=1S/C17H17N3O2/c21-16-4-2-14-9-13(1-3-15(14)20-16)10-17(22)19-11-12-5-7-18-8-6-12/h1,3,5-9H,2,4,10-11H2,(H,19,22)(H,20,21). The van der Waals surface area contributed by atoms with Crippen molar-refractivity contribution in [1.29, 1.82) is 0 Å². The lowest BCUT2D eigenvalue weighted by molar-refractivity contribution is -0.120. The summed E-state index contributed by atoms with van der Waals surface area (Å²) in [4.78, 5) is 27.3. The van der Waals surface area contributed by atoms with Crippen molar-refractivity contribution in [2.24, 2.45) is 0 Å². The molecule has 2 amide bonds. The van der Waals surface area contributed by atoms with Gasteiger partial charge in [-0.3, -0.25) is 14.6 Å². The molecule has 5 nitrogen and oxygen atoms in total. The van der Waals surface area contributed by atoms with Gasteiger partial charge in [0.25, 0.3) is 0 Å². The Morgan fingerprint density at radius 1 is 1.14 bits per heavy atom. The van der Waals surface area contributed by atoms with E-state index in [0.29, 0.717) is 19.4 Å². The van der Waals surface area contributed by atoms with Crippen molar-refractivity contribution in [2.45, 2.75) is 25.8 Å². The van der Waals surface area contributed by atoms with Gasteiger partial charge < -0.3 is 10.6 Å². The molecule has 1 aliphatic heterocycles. The zero-order valence-corrected chi connectivity index (χ0v) is 12.1. The maximum atomic E-state index is 12.0. The minimum Gasteiger partial charge on any atom is -0.352 e. The van der Waals surface area contributed by atoms with E-state index in [2.05, 4.69) is 15.6 Å². The number of hydrogen-bond donors (Lipinski definition) is 2. The number of pyridine rings is 1. The van der Waals surface area contributed by atoms with E-state index in [-0.39, 0.29) is 11.8 Å². The topological polar surface area (TPSA) is 71.1 Å². The fourth-order valence-corrected chi connectivity index (χ4v) is 2.50. The first-order valence-electron chi connectivity index (χ1n) is 7.28. The molecule has 0 radical (unpaired) electrons. The fraction of sp³-hybridized carbons (Fsp3) is 0.235. The second kappa shape index (κ2) is 6.39. The highest BCUT2D eigenvalue weighted by Crippen LogP contribution is 2.23. The van der Waals surface area contributed by atoms with Crippen LogP contribution in [0.15, 0.2) is 42.7 Å². The van der Waals surface area contributed by atoms with E-state index >= 15 is 0 Å². The first-order valence-corrected chi connectivity index (χ1v) is 7.28. The number of aromatic nitrogens is 1. The summed E-state index contributed by atoms with van der Waals surface area (Å²) in [6, 6.07) is 9.51. The van der Waals surface area contributed by atoms with Gasteiger partial charge in [-0.1, -0.05) is 12.1 Å². The van der Waals surface area contributed by atoms with Gasteiger partial charge in [0, 0.05) is 31.0 Å². The quantitative estimate of drug-likeness (QED) is 0.904. The van der Waals surface area contributed by atoms with Crippen molar-refractivity contribution in [3.63, 3.8) is 0 Å². The number of nitrogens with zero attached hydrogens (tertiary/aromatic N) is 1. The van der Waals surface area contributed by atoms with Crippen LogP contribution in [0.25, 0.3) is 0 Å². The predicted molar refractivity (Wildman–Crippen MR) is 83.2 cm³/mol. The Hall–Kier alpha value is -2.69. The summed E-state index contributed by atoms with van der Waals surface area (Å²) < 4.78 is 0. The van der Waals surface area contributed by atoms with Crippen molar-refractivity contribution in [3.05, 3.63) is 59.4 Å². The summed E-state index contributed by atoms with van der Waals surface area (Å²) in [5.41, 5.74) is 3.94. The van der Waals surface area contributed by atoms with Crippen molar-refractivity contribution < 1.29 is 9.59 Å². The number of anilines is 1. The molecule has 22 heavy (non-hydrogen) atoms. The zero-order valence-electron chi connectivity index (χ0n) is 12.1. The number of fused-ring (bicyclic) bond motifs is 1. The maximum absolute atomic E-state index is 12.0. The van der Waals surface area contributed by atoms with E-state index in [1.54, 1.807) is 12.4 Å². The summed E-state index contributed by atoms with van der Waals surface area (Å²) in [6.45, 7) is 0.502. The van der Waals surface area contributed by atoms with Gasteiger partial charge in [0.05, 0.1) is 6.42 Å². The molecular weight excluding hydrogens is 278 g/mol. The van der Waals surface area contributed by atoms with E-state index in [9.17, 15) is 9.59 Å². The van der Waals surface area contributed by atoms with Gasteiger partial charge in [-0.05, 0) is 41.3 Å². The molecule has 1 aliphatic rings. The first-order chi connectivity index (χ1) is 10.7. The lowest BCUT2D eigenvalue weighted by atomic mass is 9.99. The lowest BCUT2D eigenvalue weighted by Gasteiger charge is -2.17. The third-order valence-electron chi connectivity index (χ3n) is 3.67. The average molecular weight is 295 g/mol. The molecule has 0 aliphatic carbocycles. The Bertz CT molecular complexity index is 698. The number of rotatable bonds is 4. The molecule has 0 atom stereocenters. The molecule has 1 aromatic heterocycles. The number of amides is 2. The van der Waals surface area contributed by atoms with E-state index in [4.69, 9.17) is 0 Å². The Morgan fingerprint density at radius 3 is 2.77 bits per heavy atom. The van der Waals surface area contributed by atoms with Crippen molar-refractivity contribution in [2.75, 3.05) is 5.32 Å². The number of carbonyl (C=O) groups is 2. The number of nitrogens with one attached hydrogen (secondary N) is 2. The minimum atomic E-state index is -0.0170. The molecule has 2 aromatic rings. The largest absolute Gasteiger partial charge is 0.352 e. The lowest BCUT2D eigenvalue weighted by Crippen LogP contribution is -2.25. The molecule has 0 spiro atoms. The fourth-order valence-electron chi connectivity index (χ4n) is 2.50. The number of carbonyl (C=O) groups excluding carboxylic acids is 2. The summed E-state index contributed by atoms with van der Waals surface area (Å²) in [7, 11) is 0. The Balaban J connectivity index is 1.59. The summed E-state index contributed by atoms with van der Waals surface area (Å²) >= 11 is 0.